The molecule has 0 aliphatic carbocycles. The van der Waals surface area contributed by atoms with Crippen molar-refractivity contribution in [1.29, 1.82) is 0 Å². The van der Waals surface area contributed by atoms with Gasteiger partial charge in [-0.2, -0.15) is 0 Å². The minimum Gasteiger partial charge on any atom is -0.370 e. The largest absolute Gasteiger partial charge is 0.370 e. The molecule has 1 N–H and O–H groups in total. The van der Waals surface area contributed by atoms with Crippen molar-refractivity contribution < 1.29 is 0 Å². The van der Waals surface area contributed by atoms with Gasteiger partial charge in [-0.3, -0.25) is 0 Å². The molecule has 1 aromatic rings. The third-order valence-electron chi connectivity index (χ3n) is 4.54. The summed E-state index contributed by atoms with van der Waals surface area (Å²) in [4.78, 5) is 2.49. The summed E-state index contributed by atoms with van der Waals surface area (Å²) in [6, 6.07) is 6.28. The molecule has 1 atom stereocenters. The van der Waals surface area contributed by atoms with E-state index in [9.17, 15) is 0 Å². The Morgan fingerprint density at radius 3 is 2.71 bits per heavy atom. The lowest BCUT2D eigenvalue weighted by Crippen LogP contribution is -2.27. The number of halogens is 1. The summed E-state index contributed by atoms with van der Waals surface area (Å²) in [5.74, 6) is 0.741. The van der Waals surface area contributed by atoms with E-state index in [2.05, 4.69) is 50.0 Å². The molecule has 1 fully saturated rings. The van der Waals surface area contributed by atoms with E-state index in [4.69, 9.17) is 11.6 Å². The van der Waals surface area contributed by atoms with E-state index < -0.39 is 0 Å². The molecular formula is C18H29ClN2. The molecule has 2 nitrogen and oxygen atoms in total. The minimum absolute atomic E-state index is 0.372. The number of nitrogens with zero attached hydrogens (tertiary/aromatic N) is 1. The number of nitrogens with one attached hydrogen (secondary N) is 1. The molecule has 1 heterocycles. The molecule has 1 aliphatic rings. The zero-order chi connectivity index (χ0) is 15.5. The van der Waals surface area contributed by atoms with Crippen molar-refractivity contribution in [2.45, 2.75) is 47.1 Å². The molecule has 1 aliphatic heterocycles. The van der Waals surface area contributed by atoms with Crippen molar-refractivity contribution in [3.05, 3.63) is 28.8 Å². The molecule has 0 radical (unpaired) electrons. The van der Waals surface area contributed by atoms with Crippen molar-refractivity contribution in [1.82, 2.24) is 5.32 Å². The molecule has 0 spiro atoms. The van der Waals surface area contributed by atoms with Crippen LogP contribution in [0.1, 0.15) is 46.1 Å². The number of hydrogen-bond donors (Lipinski definition) is 1. The fourth-order valence-electron chi connectivity index (χ4n) is 3.13. The highest BCUT2D eigenvalue weighted by Crippen LogP contribution is 2.39. The lowest BCUT2D eigenvalue weighted by molar-refractivity contribution is 0.263. The SMILES string of the molecule is CCCNCc1cccc(Cl)c1N1CCC(C(C)(C)C)C1. The lowest BCUT2D eigenvalue weighted by atomic mass is 9.80. The van der Waals surface area contributed by atoms with Gasteiger partial charge in [-0.15, -0.1) is 0 Å². The van der Waals surface area contributed by atoms with Crippen LogP contribution < -0.4 is 10.2 Å². The van der Waals surface area contributed by atoms with Gasteiger partial charge in [-0.05, 0) is 42.3 Å². The average molecular weight is 309 g/mol. The second-order valence-electron chi connectivity index (χ2n) is 7.22. The summed E-state index contributed by atoms with van der Waals surface area (Å²) in [6.45, 7) is 13.4. The minimum atomic E-state index is 0.372. The van der Waals surface area contributed by atoms with E-state index in [1.807, 2.05) is 6.07 Å². The number of para-hydroxylation sites is 1. The Bertz CT molecular complexity index is 465. The van der Waals surface area contributed by atoms with Crippen LogP contribution in [0.25, 0.3) is 0 Å². The van der Waals surface area contributed by atoms with Gasteiger partial charge in [0, 0.05) is 19.6 Å². The van der Waals surface area contributed by atoms with Gasteiger partial charge in [-0.25, -0.2) is 0 Å². The van der Waals surface area contributed by atoms with Crippen molar-refractivity contribution in [3.8, 4) is 0 Å². The highest BCUT2D eigenvalue weighted by atomic mass is 35.5. The molecular weight excluding hydrogens is 280 g/mol. The zero-order valence-corrected chi connectivity index (χ0v) is 14.6. The van der Waals surface area contributed by atoms with Crippen LogP contribution in [-0.2, 0) is 6.54 Å². The monoisotopic (exact) mass is 308 g/mol. The Kier molecular flexibility index (Phi) is 5.56. The summed E-state index contributed by atoms with van der Waals surface area (Å²) in [5.41, 5.74) is 2.94. The second-order valence-corrected chi connectivity index (χ2v) is 7.63. The van der Waals surface area contributed by atoms with Crippen LogP contribution in [0.4, 0.5) is 5.69 Å². The maximum Gasteiger partial charge on any atom is 0.0642 e. The summed E-state index contributed by atoms with van der Waals surface area (Å²) >= 11 is 6.51. The molecule has 21 heavy (non-hydrogen) atoms. The van der Waals surface area contributed by atoms with E-state index in [1.165, 1.54) is 17.7 Å². The molecule has 0 bridgehead atoms. The first kappa shape index (κ1) is 16.6. The Morgan fingerprint density at radius 1 is 1.33 bits per heavy atom. The number of anilines is 1. The summed E-state index contributed by atoms with van der Waals surface area (Å²) in [6.07, 6.45) is 2.42. The van der Waals surface area contributed by atoms with Crippen LogP contribution in [0.5, 0.6) is 0 Å². The van der Waals surface area contributed by atoms with Crippen LogP contribution >= 0.6 is 11.6 Å². The van der Waals surface area contributed by atoms with Gasteiger partial charge in [0.25, 0.3) is 0 Å². The second kappa shape index (κ2) is 7.02. The molecule has 118 valence electrons. The first-order valence-corrected chi connectivity index (χ1v) is 8.54. The Hall–Kier alpha value is -0.730. The molecule has 1 unspecified atom stereocenters. The van der Waals surface area contributed by atoms with E-state index in [0.29, 0.717) is 5.41 Å². The first-order valence-electron chi connectivity index (χ1n) is 8.16. The maximum atomic E-state index is 6.51. The van der Waals surface area contributed by atoms with Crippen LogP contribution in [0, 0.1) is 11.3 Å². The Balaban J connectivity index is 2.15. The fourth-order valence-corrected chi connectivity index (χ4v) is 3.44. The van der Waals surface area contributed by atoms with Crippen molar-refractivity contribution in [2.24, 2.45) is 11.3 Å². The van der Waals surface area contributed by atoms with Gasteiger partial charge in [0.15, 0.2) is 0 Å². The molecule has 2 rings (SSSR count). The number of hydrogen-bond acceptors (Lipinski definition) is 2. The number of rotatable bonds is 5. The van der Waals surface area contributed by atoms with E-state index in [0.717, 1.165) is 43.5 Å². The smallest absolute Gasteiger partial charge is 0.0642 e. The molecule has 1 aromatic carbocycles. The highest BCUT2D eigenvalue weighted by Gasteiger charge is 2.33. The van der Waals surface area contributed by atoms with Crippen LogP contribution in [0.2, 0.25) is 5.02 Å². The van der Waals surface area contributed by atoms with Crippen molar-refractivity contribution in [2.75, 3.05) is 24.5 Å². The van der Waals surface area contributed by atoms with Gasteiger partial charge >= 0.3 is 0 Å². The fraction of sp³-hybridized carbons (Fsp3) is 0.667. The van der Waals surface area contributed by atoms with Crippen LogP contribution in [0.3, 0.4) is 0 Å². The lowest BCUT2D eigenvalue weighted by Gasteiger charge is -2.28. The van der Waals surface area contributed by atoms with E-state index >= 15 is 0 Å². The normalized spacial score (nSPS) is 19.3. The highest BCUT2D eigenvalue weighted by molar-refractivity contribution is 6.33. The number of benzene rings is 1. The first-order chi connectivity index (χ1) is 9.93. The standard InChI is InChI=1S/C18H29ClN2/c1-5-10-20-12-14-7-6-8-16(19)17(14)21-11-9-15(13-21)18(2,3)4/h6-8,15,20H,5,9-13H2,1-4H3. The van der Waals surface area contributed by atoms with Gasteiger partial charge in [0.05, 0.1) is 10.7 Å². The molecule has 0 amide bonds. The van der Waals surface area contributed by atoms with Crippen molar-refractivity contribution >= 4 is 17.3 Å². The van der Waals surface area contributed by atoms with Crippen LogP contribution in [-0.4, -0.2) is 19.6 Å². The third kappa shape index (κ3) is 4.14. The Morgan fingerprint density at radius 2 is 2.10 bits per heavy atom. The third-order valence-corrected chi connectivity index (χ3v) is 4.85. The van der Waals surface area contributed by atoms with Gasteiger partial charge in [0.2, 0.25) is 0 Å². The summed E-state index contributed by atoms with van der Waals surface area (Å²) < 4.78 is 0. The summed E-state index contributed by atoms with van der Waals surface area (Å²) in [5, 5.41) is 4.39. The molecule has 0 saturated carbocycles. The maximum absolute atomic E-state index is 6.51. The molecule has 3 heteroatoms. The quantitative estimate of drug-likeness (QED) is 0.792. The van der Waals surface area contributed by atoms with Gasteiger partial charge in [0.1, 0.15) is 0 Å². The van der Waals surface area contributed by atoms with E-state index in [-0.39, 0.29) is 0 Å². The molecule has 0 aromatic heterocycles. The summed E-state index contributed by atoms with van der Waals surface area (Å²) in [7, 11) is 0. The predicted octanol–water partition coefficient (Wildman–Crippen LogP) is 4.71. The van der Waals surface area contributed by atoms with Crippen molar-refractivity contribution in [3.63, 3.8) is 0 Å². The van der Waals surface area contributed by atoms with Gasteiger partial charge in [-0.1, -0.05) is 51.4 Å². The van der Waals surface area contributed by atoms with E-state index in [1.54, 1.807) is 0 Å². The predicted molar refractivity (Wildman–Crippen MR) is 93.2 cm³/mol. The van der Waals surface area contributed by atoms with Gasteiger partial charge < -0.3 is 10.2 Å². The Labute approximate surface area is 134 Å². The van der Waals surface area contributed by atoms with Crippen LogP contribution in [0.15, 0.2) is 18.2 Å². The zero-order valence-electron chi connectivity index (χ0n) is 13.9. The topological polar surface area (TPSA) is 15.3 Å². The average Bonchev–Trinajstić information content (AvgIpc) is 2.88. The molecule has 1 saturated heterocycles.